The number of nitrogens with zero attached hydrogens (tertiary/aromatic N) is 2. The monoisotopic (exact) mass is 643 g/mol. The Labute approximate surface area is 270 Å². The quantitative estimate of drug-likeness (QED) is 0.0985. The van der Waals surface area contributed by atoms with Gasteiger partial charge in [-0.05, 0) is 71.4 Å². The molecule has 1 atom stereocenters. The van der Waals surface area contributed by atoms with Crippen molar-refractivity contribution in [2.75, 3.05) is 45.9 Å². The minimum absolute atomic E-state index is 0.198. The molecule has 1 aliphatic carbocycles. The zero-order chi connectivity index (χ0) is 31.9. The molecule has 0 radical (unpaired) electrons. The molecule has 1 fully saturated rings. The summed E-state index contributed by atoms with van der Waals surface area (Å²) in [4.78, 5) is 19.8. The summed E-state index contributed by atoms with van der Waals surface area (Å²) in [6.07, 6.45) is 7.86. The van der Waals surface area contributed by atoms with E-state index in [-0.39, 0.29) is 10.9 Å². The number of aromatic nitrogens is 1. The van der Waals surface area contributed by atoms with E-state index in [9.17, 15) is 13.2 Å². The molecule has 11 heteroatoms. The van der Waals surface area contributed by atoms with Gasteiger partial charge in [-0.2, -0.15) is 0 Å². The van der Waals surface area contributed by atoms with E-state index in [1.165, 1.54) is 28.2 Å². The summed E-state index contributed by atoms with van der Waals surface area (Å²) in [5, 5.41) is 10.0. The molecule has 6 rings (SSSR count). The maximum atomic E-state index is 13.0. The van der Waals surface area contributed by atoms with E-state index in [1.54, 1.807) is 23.7 Å². The molecule has 0 bridgehead atoms. The van der Waals surface area contributed by atoms with Crippen LogP contribution >= 0.6 is 0 Å². The van der Waals surface area contributed by atoms with Gasteiger partial charge in [-0.15, -0.1) is 0 Å². The number of H-pyrrole nitrogens is 1. The number of para-hydroxylation sites is 1. The number of aromatic amines is 1. The number of hydrogen-bond acceptors (Lipinski definition) is 7. The van der Waals surface area contributed by atoms with Crippen molar-refractivity contribution in [2.24, 2.45) is 0 Å². The zero-order valence-electron chi connectivity index (χ0n) is 25.8. The molecule has 10 nitrogen and oxygen atoms in total. The number of benzene rings is 3. The summed E-state index contributed by atoms with van der Waals surface area (Å²) < 4.78 is 34.2. The summed E-state index contributed by atoms with van der Waals surface area (Å²) in [5.41, 5.74) is 8.50. The maximum Gasteiger partial charge on any atom is 0.267 e. The second-order valence-corrected chi connectivity index (χ2v) is 13.7. The van der Waals surface area contributed by atoms with Gasteiger partial charge in [-0.1, -0.05) is 48.5 Å². The van der Waals surface area contributed by atoms with Crippen LogP contribution in [0.4, 0.5) is 0 Å². The number of carbonyl (C=O) groups is 1. The Kier molecular flexibility index (Phi) is 10.3. The van der Waals surface area contributed by atoms with Gasteiger partial charge >= 0.3 is 0 Å². The van der Waals surface area contributed by atoms with E-state index < -0.39 is 15.9 Å². The maximum absolute atomic E-state index is 13.0. The lowest BCUT2D eigenvalue weighted by molar-refractivity contribution is -0.124. The van der Waals surface area contributed by atoms with Crippen molar-refractivity contribution < 1.29 is 23.2 Å². The SMILES string of the molecule is O=C(C=Cc1ccc2c(c1)CCC2N(CCc1c[nH]c2ccccc12)Cc1ccc(S(=O)(=O)NCCN2CCOCC2)cc1)NO. The third-order valence-corrected chi connectivity index (χ3v) is 10.5. The Morgan fingerprint density at radius 3 is 2.70 bits per heavy atom. The number of amides is 1. The average Bonchev–Trinajstić information content (AvgIpc) is 3.70. The van der Waals surface area contributed by atoms with E-state index in [4.69, 9.17) is 9.94 Å². The molecule has 3 aromatic carbocycles. The largest absolute Gasteiger partial charge is 0.379 e. The molecule has 4 N–H and O–H groups in total. The summed E-state index contributed by atoms with van der Waals surface area (Å²) in [6, 6.07) is 22.0. The fourth-order valence-electron chi connectivity index (χ4n) is 6.51. The average molecular weight is 644 g/mol. The smallest absolute Gasteiger partial charge is 0.267 e. The lowest BCUT2D eigenvalue weighted by atomic mass is 10.0. The third-order valence-electron chi connectivity index (χ3n) is 8.98. The molecular formula is C35H41N5O5S. The normalized spacial score (nSPS) is 17.2. The highest BCUT2D eigenvalue weighted by atomic mass is 32.2. The van der Waals surface area contributed by atoms with Gasteiger partial charge in [0.2, 0.25) is 10.0 Å². The highest BCUT2D eigenvalue weighted by Crippen LogP contribution is 2.37. The van der Waals surface area contributed by atoms with E-state index in [2.05, 4.69) is 56.0 Å². The summed E-state index contributed by atoms with van der Waals surface area (Å²) in [6.45, 7) is 5.53. The van der Waals surface area contributed by atoms with Crippen molar-refractivity contribution >= 4 is 32.9 Å². The molecule has 0 spiro atoms. The van der Waals surface area contributed by atoms with Gasteiger partial charge < -0.3 is 9.72 Å². The zero-order valence-corrected chi connectivity index (χ0v) is 26.6. The van der Waals surface area contributed by atoms with Crippen molar-refractivity contribution in [1.29, 1.82) is 0 Å². The number of rotatable bonds is 13. The molecule has 4 aromatic rings. The molecule has 1 aliphatic heterocycles. The summed E-state index contributed by atoms with van der Waals surface area (Å²) in [7, 11) is -3.61. The van der Waals surface area contributed by atoms with Crippen LogP contribution in [0, 0.1) is 0 Å². The predicted octanol–water partition coefficient (Wildman–Crippen LogP) is 4.03. The van der Waals surface area contributed by atoms with Crippen molar-refractivity contribution in [3.05, 3.63) is 107 Å². The van der Waals surface area contributed by atoms with Crippen LogP contribution in [0.3, 0.4) is 0 Å². The molecule has 2 aliphatic rings. The molecule has 46 heavy (non-hydrogen) atoms. The van der Waals surface area contributed by atoms with Crippen molar-refractivity contribution in [2.45, 2.75) is 36.7 Å². The molecule has 1 unspecified atom stereocenters. The Bertz CT molecular complexity index is 1780. The molecule has 1 saturated heterocycles. The van der Waals surface area contributed by atoms with E-state index in [1.807, 2.05) is 24.3 Å². The fraction of sp³-hybridized carbons (Fsp3) is 0.343. The highest BCUT2D eigenvalue weighted by Gasteiger charge is 2.28. The van der Waals surface area contributed by atoms with Crippen molar-refractivity contribution in [1.82, 2.24) is 25.0 Å². The van der Waals surface area contributed by atoms with Crippen LogP contribution in [0.1, 0.15) is 40.3 Å². The van der Waals surface area contributed by atoms with Crippen LogP contribution in [-0.4, -0.2) is 80.3 Å². The first kappa shape index (κ1) is 32.1. The van der Waals surface area contributed by atoms with Crippen LogP contribution in [0.2, 0.25) is 0 Å². The van der Waals surface area contributed by atoms with Crippen LogP contribution in [0.25, 0.3) is 17.0 Å². The van der Waals surface area contributed by atoms with Crippen LogP contribution in [-0.2, 0) is 38.9 Å². The third kappa shape index (κ3) is 7.75. The second-order valence-electron chi connectivity index (χ2n) is 11.9. The first-order valence-electron chi connectivity index (χ1n) is 15.8. The number of ether oxygens (including phenoxy) is 1. The van der Waals surface area contributed by atoms with Gasteiger partial charge in [-0.3, -0.25) is 19.8 Å². The number of hydrogen-bond donors (Lipinski definition) is 4. The number of nitrogens with one attached hydrogen (secondary N) is 3. The molecule has 1 amide bonds. The number of aryl methyl sites for hydroxylation is 1. The van der Waals surface area contributed by atoms with Gasteiger partial charge in [-0.25, -0.2) is 18.6 Å². The Balaban J connectivity index is 1.17. The van der Waals surface area contributed by atoms with Crippen LogP contribution < -0.4 is 10.2 Å². The van der Waals surface area contributed by atoms with E-state index >= 15 is 0 Å². The molecule has 1 aromatic heterocycles. The topological polar surface area (TPSA) is 127 Å². The minimum atomic E-state index is -3.61. The Hall–Kier alpha value is -3.84. The lowest BCUT2D eigenvalue weighted by Gasteiger charge is -2.30. The molecule has 2 heterocycles. The van der Waals surface area contributed by atoms with E-state index in [0.29, 0.717) is 32.8 Å². The number of carbonyl (C=O) groups excluding carboxylic acids is 1. The van der Waals surface area contributed by atoms with Crippen LogP contribution in [0.15, 0.2) is 83.9 Å². The standard InChI is InChI=1S/C35H41N5O5S/c41-35(38-42)14-8-26-7-12-32-28(23-26)9-13-34(32)40(17-15-29-24-36-33-4-2-1-3-31(29)33)25-27-5-10-30(11-6-27)46(43,44)37-16-18-39-19-21-45-22-20-39/h1-8,10-12,14,23-24,34,36-37,42H,9,13,15-22,25H2,(H,38,41). The number of hydroxylamine groups is 1. The fourth-order valence-corrected chi connectivity index (χ4v) is 7.53. The van der Waals surface area contributed by atoms with Gasteiger partial charge in [0.15, 0.2) is 0 Å². The first-order valence-corrected chi connectivity index (χ1v) is 17.3. The van der Waals surface area contributed by atoms with Crippen LogP contribution in [0.5, 0.6) is 0 Å². The molecular weight excluding hydrogens is 602 g/mol. The first-order chi connectivity index (χ1) is 22.4. The molecule has 242 valence electrons. The number of fused-ring (bicyclic) bond motifs is 2. The second kappa shape index (κ2) is 14.7. The van der Waals surface area contributed by atoms with Gasteiger partial charge in [0, 0.05) is 68.5 Å². The van der Waals surface area contributed by atoms with Crippen molar-refractivity contribution in [3.63, 3.8) is 0 Å². The van der Waals surface area contributed by atoms with Gasteiger partial charge in [0.05, 0.1) is 18.1 Å². The Morgan fingerprint density at radius 1 is 1.09 bits per heavy atom. The van der Waals surface area contributed by atoms with Crippen molar-refractivity contribution in [3.8, 4) is 0 Å². The minimum Gasteiger partial charge on any atom is -0.379 e. The number of morpholine rings is 1. The highest BCUT2D eigenvalue weighted by molar-refractivity contribution is 7.89. The summed E-state index contributed by atoms with van der Waals surface area (Å²) >= 11 is 0. The molecule has 0 saturated carbocycles. The van der Waals surface area contributed by atoms with Gasteiger partial charge in [0.1, 0.15) is 0 Å². The van der Waals surface area contributed by atoms with E-state index in [0.717, 1.165) is 55.5 Å². The number of sulfonamides is 1. The predicted molar refractivity (Wildman–Crippen MR) is 178 cm³/mol. The lowest BCUT2D eigenvalue weighted by Crippen LogP contribution is -2.41. The Morgan fingerprint density at radius 2 is 1.89 bits per heavy atom. The summed E-state index contributed by atoms with van der Waals surface area (Å²) in [5.74, 6) is -0.565. The van der Waals surface area contributed by atoms with Gasteiger partial charge in [0.25, 0.3) is 5.91 Å².